The first-order chi connectivity index (χ1) is 21.6. The summed E-state index contributed by atoms with van der Waals surface area (Å²) in [6, 6.07) is 3.73. The summed E-state index contributed by atoms with van der Waals surface area (Å²) in [6.45, 7) is 14.3. The predicted octanol–water partition coefficient (Wildman–Crippen LogP) is 5.54. The summed E-state index contributed by atoms with van der Waals surface area (Å²) < 4.78 is 28.8. The number of amides is 2. The number of hydrogen-bond donors (Lipinski definition) is 1. The highest BCUT2D eigenvalue weighted by Crippen LogP contribution is 2.38. The summed E-state index contributed by atoms with van der Waals surface area (Å²) in [5, 5.41) is 4.00. The van der Waals surface area contributed by atoms with E-state index in [0.717, 1.165) is 40.6 Å². The molecule has 4 unspecified atom stereocenters. The number of fused-ring (bicyclic) bond motifs is 1. The molecule has 2 aliphatic heterocycles. The smallest absolute Gasteiger partial charge is 0.302 e. The van der Waals surface area contributed by atoms with Gasteiger partial charge in [0, 0.05) is 49.9 Å². The monoisotopic (exact) mass is 640 g/mol. The Bertz CT molecular complexity index is 1460. The second kappa shape index (κ2) is 14.7. The maximum Gasteiger partial charge on any atom is 0.302 e. The number of nitrogens with one attached hydrogen (secondary N) is 1. The van der Waals surface area contributed by atoms with E-state index in [1.165, 1.54) is 13.0 Å². The van der Waals surface area contributed by atoms with Crippen molar-refractivity contribution in [1.82, 2.24) is 19.7 Å². The molecule has 1 aromatic heterocycles. The number of ether oxygens (including phenoxy) is 2. The average Bonchev–Trinajstić information content (AvgIpc) is 3.56. The molecule has 254 valence electrons. The molecule has 2 saturated heterocycles. The van der Waals surface area contributed by atoms with Crippen LogP contribution in [0.4, 0.5) is 4.39 Å². The minimum absolute atomic E-state index is 0.0740. The number of hydrogen-bond acceptors (Lipinski definition) is 6. The largest absolute Gasteiger partial charge is 0.462 e. The zero-order valence-corrected chi connectivity index (χ0v) is 29.1. The average molecular weight is 641 g/mol. The molecule has 2 fully saturated rings. The Morgan fingerprint density at radius 1 is 1.20 bits per heavy atom. The number of carbonyl (C=O) groups is 3. The van der Waals surface area contributed by atoms with Gasteiger partial charge in [-0.15, -0.1) is 0 Å². The van der Waals surface area contributed by atoms with Gasteiger partial charge in [-0.1, -0.05) is 32.4 Å². The molecule has 0 saturated carbocycles. The summed E-state index contributed by atoms with van der Waals surface area (Å²) in [5.41, 5.74) is 3.48. The van der Waals surface area contributed by atoms with Gasteiger partial charge in [-0.3, -0.25) is 19.3 Å². The Labute approximate surface area is 273 Å². The van der Waals surface area contributed by atoms with Crippen LogP contribution >= 0.6 is 0 Å². The zero-order valence-electron chi connectivity index (χ0n) is 29.1. The molecule has 5 atom stereocenters. The van der Waals surface area contributed by atoms with Crippen LogP contribution in [0.25, 0.3) is 10.9 Å². The molecule has 0 bridgehead atoms. The lowest BCUT2D eigenvalue weighted by molar-refractivity contribution is -0.156. The second-order valence-electron chi connectivity index (χ2n) is 14.3. The number of aromatic nitrogens is 1. The molecule has 3 heterocycles. The second-order valence-corrected chi connectivity index (χ2v) is 14.3. The molecule has 2 aromatic rings. The lowest BCUT2D eigenvalue weighted by atomic mass is 9.85. The Hall–Kier alpha value is -3.24. The number of likely N-dealkylation sites (tertiary alicyclic amines) is 1. The summed E-state index contributed by atoms with van der Waals surface area (Å²) in [5.74, 6) is -0.919. The minimum atomic E-state index is -0.683. The van der Waals surface area contributed by atoms with Crippen LogP contribution in [-0.4, -0.2) is 83.6 Å². The van der Waals surface area contributed by atoms with Gasteiger partial charge in [-0.2, -0.15) is 0 Å². The predicted molar refractivity (Wildman–Crippen MR) is 178 cm³/mol. The van der Waals surface area contributed by atoms with Gasteiger partial charge in [0.05, 0.1) is 18.2 Å². The van der Waals surface area contributed by atoms with E-state index >= 15 is 0 Å². The normalized spacial score (nSPS) is 22.3. The SMILES string of the molecule is C/C=C(\C)Cc1c(CC2CCCN2C(=O)C(NC(=O)[C@H](C)N(C)C)C(C)(C)C)c2ccc(F)cc2n1C1CC(OC(C)=O)CCO1. The van der Waals surface area contributed by atoms with Crippen molar-refractivity contribution in [1.29, 1.82) is 0 Å². The van der Waals surface area contributed by atoms with E-state index < -0.39 is 17.7 Å². The lowest BCUT2D eigenvalue weighted by Crippen LogP contribution is -2.58. The number of carbonyl (C=O) groups excluding carboxylic acids is 3. The molecule has 9 nitrogen and oxygen atoms in total. The third-order valence-electron chi connectivity index (χ3n) is 9.61. The van der Waals surface area contributed by atoms with Gasteiger partial charge in [-0.25, -0.2) is 4.39 Å². The van der Waals surface area contributed by atoms with Gasteiger partial charge < -0.3 is 24.3 Å². The standard InChI is InChI=1S/C36H53FN4O5/c1-10-22(2)18-30-29(28-14-13-25(37)19-31(28)41(30)32-21-27(15-17-45-32)46-24(4)42)20-26-12-11-16-40(26)35(44)33(36(5,6)7)38-34(43)23(3)39(8)9/h10,13-14,19,23,26-27,32-33H,11-12,15-18,20-21H2,1-9H3,(H,38,43)/b22-10+/t23-,26?,27?,32?,33?/m0/s1. The fourth-order valence-corrected chi connectivity index (χ4v) is 6.67. The highest BCUT2D eigenvalue weighted by atomic mass is 19.1. The highest BCUT2D eigenvalue weighted by Gasteiger charge is 2.41. The molecule has 0 radical (unpaired) electrons. The van der Waals surface area contributed by atoms with Gasteiger partial charge in [0.2, 0.25) is 11.8 Å². The fraction of sp³-hybridized carbons (Fsp3) is 0.639. The summed E-state index contributed by atoms with van der Waals surface area (Å²) >= 11 is 0. The molecule has 2 aliphatic rings. The molecular formula is C36H53FN4O5. The van der Waals surface area contributed by atoms with Crippen molar-refractivity contribution in [3.8, 4) is 0 Å². The number of allylic oxidation sites excluding steroid dienone is 2. The van der Waals surface area contributed by atoms with Crippen molar-refractivity contribution in [2.24, 2.45) is 5.41 Å². The van der Waals surface area contributed by atoms with Gasteiger partial charge in [0.25, 0.3) is 0 Å². The van der Waals surface area contributed by atoms with Crippen LogP contribution in [0.2, 0.25) is 0 Å². The molecule has 1 aromatic carbocycles. The number of nitrogens with zero attached hydrogens (tertiary/aromatic N) is 3. The molecule has 4 rings (SSSR count). The van der Waals surface area contributed by atoms with Gasteiger partial charge >= 0.3 is 5.97 Å². The van der Waals surface area contributed by atoms with E-state index in [4.69, 9.17) is 9.47 Å². The zero-order chi connectivity index (χ0) is 33.9. The number of likely N-dealkylation sites (N-methyl/N-ethyl adjacent to an activating group) is 1. The number of rotatable bonds is 10. The number of esters is 1. The molecule has 1 N–H and O–H groups in total. The van der Waals surface area contributed by atoms with E-state index in [1.807, 2.05) is 64.6 Å². The van der Waals surface area contributed by atoms with Crippen LogP contribution in [-0.2, 0) is 36.7 Å². The van der Waals surface area contributed by atoms with Gasteiger partial charge in [0.15, 0.2) is 0 Å². The molecule has 2 amide bonds. The number of benzene rings is 1. The van der Waals surface area contributed by atoms with Crippen LogP contribution in [0.3, 0.4) is 0 Å². The molecule has 46 heavy (non-hydrogen) atoms. The van der Waals surface area contributed by atoms with Crippen molar-refractivity contribution in [2.45, 2.75) is 117 Å². The van der Waals surface area contributed by atoms with Crippen LogP contribution in [0, 0.1) is 11.2 Å². The quantitative estimate of drug-likeness (QED) is 0.271. The third kappa shape index (κ3) is 8.00. The van der Waals surface area contributed by atoms with Crippen molar-refractivity contribution in [3.05, 3.63) is 46.9 Å². The Morgan fingerprint density at radius 2 is 1.91 bits per heavy atom. The summed E-state index contributed by atoms with van der Waals surface area (Å²) in [4.78, 5) is 43.0. The topological polar surface area (TPSA) is 93.1 Å². The minimum Gasteiger partial charge on any atom is -0.462 e. The van der Waals surface area contributed by atoms with Crippen LogP contribution in [0.15, 0.2) is 29.8 Å². The van der Waals surface area contributed by atoms with E-state index in [9.17, 15) is 18.8 Å². The van der Waals surface area contributed by atoms with Crippen LogP contribution in [0.5, 0.6) is 0 Å². The van der Waals surface area contributed by atoms with E-state index in [-0.39, 0.29) is 41.8 Å². The summed E-state index contributed by atoms with van der Waals surface area (Å²) in [7, 11) is 3.69. The van der Waals surface area contributed by atoms with Crippen molar-refractivity contribution >= 4 is 28.7 Å². The third-order valence-corrected chi connectivity index (χ3v) is 9.61. The Kier molecular flexibility index (Phi) is 11.4. The Balaban J connectivity index is 1.75. The molecule has 0 spiro atoms. The van der Waals surface area contributed by atoms with Crippen molar-refractivity contribution < 1.29 is 28.2 Å². The van der Waals surface area contributed by atoms with E-state index in [1.54, 1.807) is 6.07 Å². The van der Waals surface area contributed by atoms with Crippen molar-refractivity contribution in [3.63, 3.8) is 0 Å². The van der Waals surface area contributed by atoms with Gasteiger partial charge in [-0.05, 0) is 83.3 Å². The molecular weight excluding hydrogens is 587 g/mol. The maximum absolute atomic E-state index is 14.9. The van der Waals surface area contributed by atoms with E-state index in [2.05, 4.69) is 22.9 Å². The first-order valence-corrected chi connectivity index (χ1v) is 16.6. The fourth-order valence-electron chi connectivity index (χ4n) is 6.67. The first kappa shape index (κ1) is 35.6. The van der Waals surface area contributed by atoms with Crippen LogP contribution < -0.4 is 5.32 Å². The van der Waals surface area contributed by atoms with Crippen molar-refractivity contribution in [2.75, 3.05) is 27.2 Å². The highest BCUT2D eigenvalue weighted by molar-refractivity contribution is 5.91. The number of halogens is 1. The lowest BCUT2D eigenvalue weighted by Gasteiger charge is -2.37. The summed E-state index contributed by atoms with van der Waals surface area (Å²) in [6.07, 6.45) is 5.34. The first-order valence-electron chi connectivity index (χ1n) is 16.6. The van der Waals surface area contributed by atoms with E-state index in [0.29, 0.717) is 38.8 Å². The Morgan fingerprint density at radius 3 is 2.54 bits per heavy atom. The molecule has 10 heteroatoms. The van der Waals surface area contributed by atoms with Gasteiger partial charge in [0.1, 0.15) is 24.2 Å². The van der Waals surface area contributed by atoms with Crippen LogP contribution in [0.1, 0.15) is 91.6 Å². The maximum atomic E-state index is 14.9. The molecule has 0 aliphatic carbocycles.